The third-order valence-electron chi connectivity index (χ3n) is 6.55. The summed E-state index contributed by atoms with van der Waals surface area (Å²) in [4.78, 5) is 29.2. The van der Waals surface area contributed by atoms with Gasteiger partial charge in [-0.1, -0.05) is 25.7 Å². The lowest BCUT2D eigenvalue weighted by atomic mass is 10.1. The monoisotopic (exact) mass is 441 g/mol. The van der Waals surface area contributed by atoms with E-state index in [9.17, 15) is 9.59 Å². The SMILES string of the molecule is Cc1cc(C)n(-c2ccc(=O)n(CCN3CCN(C(=O)NC4CCCCCC4)CC3)n2)n1. The Morgan fingerprint density at radius 1 is 1.00 bits per heavy atom. The summed E-state index contributed by atoms with van der Waals surface area (Å²) in [5.74, 6) is 0.648. The van der Waals surface area contributed by atoms with E-state index in [2.05, 4.69) is 20.4 Å². The molecule has 1 saturated heterocycles. The van der Waals surface area contributed by atoms with Crippen molar-refractivity contribution in [3.63, 3.8) is 0 Å². The summed E-state index contributed by atoms with van der Waals surface area (Å²) in [6, 6.07) is 5.66. The lowest BCUT2D eigenvalue weighted by Gasteiger charge is -2.35. The molecular formula is C23H35N7O2. The Balaban J connectivity index is 1.28. The number of hydrogen-bond acceptors (Lipinski definition) is 5. The second-order valence-electron chi connectivity index (χ2n) is 9.06. The molecule has 0 spiro atoms. The largest absolute Gasteiger partial charge is 0.335 e. The Bertz CT molecular complexity index is 967. The Kier molecular flexibility index (Phi) is 7.24. The molecule has 2 aromatic rings. The van der Waals surface area contributed by atoms with Crippen LogP contribution in [-0.4, -0.2) is 74.2 Å². The van der Waals surface area contributed by atoms with Gasteiger partial charge in [-0.25, -0.2) is 14.2 Å². The number of carbonyl (C=O) groups excluding carboxylic acids is 1. The molecule has 9 nitrogen and oxygen atoms in total. The van der Waals surface area contributed by atoms with Crippen molar-refractivity contribution in [1.29, 1.82) is 0 Å². The van der Waals surface area contributed by atoms with E-state index in [4.69, 9.17) is 0 Å². The molecule has 1 aliphatic heterocycles. The van der Waals surface area contributed by atoms with Crippen LogP contribution in [0.2, 0.25) is 0 Å². The molecule has 3 heterocycles. The molecule has 32 heavy (non-hydrogen) atoms. The van der Waals surface area contributed by atoms with Crippen molar-refractivity contribution < 1.29 is 4.79 Å². The number of amides is 2. The van der Waals surface area contributed by atoms with Gasteiger partial charge in [-0.05, 0) is 38.8 Å². The first kappa shape index (κ1) is 22.5. The zero-order valence-corrected chi connectivity index (χ0v) is 19.3. The van der Waals surface area contributed by atoms with Crippen LogP contribution in [-0.2, 0) is 6.54 Å². The Morgan fingerprint density at radius 3 is 2.38 bits per heavy atom. The normalized spacial score (nSPS) is 18.5. The molecule has 2 fully saturated rings. The molecule has 4 rings (SSSR count). The van der Waals surface area contributed by atoms with Crippen LogP contribution < -0.4 is 10.9 Å². The summed E-state index contributed by atoms with van der Waals surface area (Å²) >= 11 is 0. The molecule has 0 atom stereocenters. The predicted octanol–water partition coefficient (Wildman–Crippen LogP) is 2.10. The van der Waals surface area contributed by atoms with E-state index in [1.54, 1.807) is 16.8 Å². The van der Waals surface area contributed by atoms with Crippen molar-refractivity contribution in [3.8, 4) is 5.82 Å². The van der Waals surface area contributed by atoms with Crippen LogP contribution in [0.4, 0.5) is 4.79 Å². The number of carbonyl (C=O) groups is 1. The molecule has 1 saturated carbocycles. The summed E-state index contributed by atoms with van der Waals surface area (Å²) in [5, 5.41) is 12.2. The van der Waals surface area contributed by atoms with Gasteiger partial charge in [0.25, 0.3) is 5.56 Å². The standard InChI is InChI=1S/C23H35N7O2/c1-18-17-19(2)30(25-18)21-9-10-22(31)29(26-21)16-13-27-11-14-28(15-12-27)23(32)24-20-7-5-3-4-6-8-20/h9-10,17,20H,3-8,11-16H2,1-2H3,(H,24,32). The fourth-order valence-electron chi connectivity index (χ4n) is 4.67. The van der Waals surface area contributed by atoms with Crippen molar-refractivity contribution in [2.45, 2.75) is 65.0 Å². The van der Waals surface area contributed by atoms with Crippen molar-refractivity contribution >= 4 is 6.03 Å². The zero-order chi connectivity index (χ0) is 22.5. The highest BCUT2D eigenvalue weighted by Crippen LogP contribution is 2.17. The Hall–Kier alpha value is -2.68. The second-order valence-corrected chi connectivity index (χ2v) is 9.06. The highest BCUT2D eigenvalue weighted by molar-refractivity contribution is 5.74. The average Bonchev–Trinajstić information content (AvgIpc) is 2.96. The predicted molar refractivity (Wildman–Crippen MR) is 123 cm³/mol. The Morgan fingerprint density at radius 2 is 1.72 bits per heavy atom. The maximum absolute atomic E-state index is 12.6. The van der Waals surface area contributed by atoms with Crippen LogP contribution in [0, 0.1) is 13.8 Å². The van der Waals surface area contributed by atoms with Crippen molar-refractivity contribution in [2.24, 2.45) is 0 Å². The maximum Gasteiger partial charge on any atom is 0.317 e. The molecule has 2 amide bonds. The first-order chi connectivity index (χ1) is 15.5. The van der Waals surface area contributed by atoms with E-state index in [0.717, 1.165) is 43.9 Å². The van der Waals surface area contributed by atoms with Gasteiger partial charge in [-0.3, -0.25) is 9.69 Å². The van der Waals surface area contributed by atoms with E-state index < -0.39 is 0 Å². The lowest BCUT2D eigenvalue weighted by Crippen LogP contribution is -2.53. The smallest absolute Gasteiger partial charge is 0.317 e. The van der Waals surface area contributed by atoms with Gasteiger partial charge in [-0.15, -0.1) is 5.10 Å². The molecule has 2 aromatic heterocycles. The van der Waals surface area contributed by atoms with Gasteiger partial charge in [0.05, 0.1) is 12.2 Å². The molecule has 9 heteroatoms. The van der Waals surface area contributed by atoms with Crippen LogP contribution in [0.3, 0.4) is 0 Å². The average molecular weight is 442 g/mol. The molecule has 174 valence electrons. The van der Waals surface area contributed by atoms with Gasteiger partial charge in [0.2, 0.25) is 0 Å². The van der Waals surface area contributed by atoms with Gasteiger partial charge in [0, 0.05) is 50.5 Å². The number of nitrogens with one attached hydrogen (secondary N) is 1. The van der Waals surface area contributed by atoms with Crippen LogP contribution in [0.15, 0.2) is 23.0 Å². The van der Waals surface area contributed by atoms with E-state index in [1.807, 2.05) is 24.8 Å². The van der Waals surface area contributed by atoms with Crippen molar-refractivity contribution in [3.05, 3.63) is 39.9 Å². The summed E-state index contributed by atoms with van der Waals surface area (Å²) < 4.78 is 3.27. The molecule has 0 bridgehead atoms. The van der Waals surface area contributed by atoms with E-state index in [-0.39, 0.29) is 11.6 Å². The number of aromatic nitrogens is 4. The summed E-state index contributed by atoms with van der Waals surface area (Å²) in [5.41, 5.74) is 1.79. The van der Waals surface area contributed by atoms with Gasteiger partial charge in [-0.2, -0.15) is 5.10 Å². The van der Waals surface area contributed by atoms with Crippen molar-refractivity contribution in [1.82, 2.24) is 34.7 Å². The molecule has 0 aromatic carbocycles. The molecule has 1 N–H and O–H groups in total. The van der Waals surface area contributed by atoms with Gasteiger partial charge < -0.3 is 10.2 Å². The Labute approximate surface area is 189 Å². The fourth-order valence-corrected chi connectivity index (χ4v) is 4.67. The van der Waals surface area contributed by atoms with Gasteiger partial charge in [0.1, 0.15) is 0 Å². The molecular weight excluding hydrogens is 406 g/mol. The highest BCUT2D eigenvalue weighted by atomic mass is 16.2. The highest BCUT2D eigenvalue weighted by Gasteiger charge is 2.23. The first-order valence-electron chi connectivity index (χ1n) is 11.9. The number of hydrogen-bond donors (Lipinski definition) is 1. The third-order valence-corrected chi connectivity index (χ3v) is 6.55. The first-order valence-corrected chi connectivity index (χ1v) is 11.9. The summed E-state index contributed by atoms with van der Waals surface area (Å²) in [6.45, 7) is 8.21. The maximum atomic E-state index is 12.6. The summed E-state index contributed by atoms with van der Waals surface area (Å²) in [6.07, 6.45) is 7.20. The van der Waals surface area contributed by atoms with Crippen molar-refractivity contribution in [2.75, 3.05) is 32.7 Å². The quantitative estimate of drug-likeness (QED) is 0.718. The molecule has 0 radical (unpaired) electrons. The molecule has 1 aliphatic carbocycles. The number of nitrogens with zero attached hydrogens (tertiary/aromatic N) is 6. The topological polar surface area (TPSA) is 88.3 Å². The third kappa shape index (κ3) is 5.56. The van der Waals surface area contributed by atoms with Crippen LogP contribution in [0.5, 0.6) is 0 Å². The summed E-state index contributed by atoms with van der Waals surface area (Å²) in [7, 11) is 0. The van der Waals surface area contributed by atoms with Crippen LogP contribution >= 0.6 is 0 Å². The van der Waals surface area contributed by atoms with E-state index in [0.29, 0.717) is 31.5 Å². The minimum Gasteiger partial charge on any atom is -0.335 e. The van der Waals surface area contributed by atoms with Gasteiger partial charge >= 0.3 is 6.03 Å². The molecule has 2 aliphatic rings. The number of aryl methyl sites for hydroxylation is 2. The van der Waals surface area contributed by atoms with Crippen LogP contribution in [0.1, 0.15) is 49.9 Å². The number of rotatable bonds is 5. The molecule has 0 unspecified atom stereocenters. The number of urea groups is 1. The lowest BCUT2D eigenvalue weighted by molar-refractivity contribution is 0.133. The fraction of sp³-hybridized carbons (Fsp3) is 0.652. The number of piperazine rings is 1. The van der Waals surface area contributed by atoms with E-state index in [1.165, 1.54) is 30.4 Å². The second kappa shape index (κ2) is 10.3. The van der Waals surface area contributed by atoms with Crippen LogP contribution in [0.25, 0.3) is 5.82 Å². The minimum atomic E-state index is -0.114. The zero-order valence-electron chi connectivity index (χ0n) is 19.3. The minimum absolute atomic E-state index is 0.0759. The van der Waals surface area contributed by atoms with E-state index >= 15 is 0 Å². The van der Waals surface area contributed by atoms with Gasteiger partial charge in [0.15, 0.2) is 5.82 Å².